The van der Waals surface area contributed by atoms with Crippen LogP contribution < -0.4 is 5.32 Å². The molecule has 1 aliphatic heterocycles. The number of rotatable bonds is 6. The minimum Gasteiger partial charge on any atom is -0.380 e. The molecule has 5 heteroatoms. The summed E-state index contributed by atoms with van der Waals surface area (Å²) in [5, 5.41) is 3.52. The third-order valence-electron chi connectivity index (χ3n) is 4.92. The topological polar surface area (TPSA) is 36.9 Å². The van der Waals surface area contributed by atoms with Gasteiger partial charge in [-0.1, -0.05) is 54.6 Å². The highest BCUT2D eigenvalue weighted by molar-refractivity contribution is 14.0. The second-order valence-corrected chi connectivity index (χ2v) is 6.94. The largest absolute Gasteiger partial charge is 0.380 e. The van der Waals surface area contributed by atoms with Gasteiger partial charge in [0.05, 0.1) is 6.61 Å². The molecule has 0 aromatic heterocycles. The number of benzene rings is 2. The van der Waals surface area contributed by atoms with Gasteiger partial charge >= 0.3 is 0 Å². The number of hydrogen-bond donors (Lipinski definition) is 1. The smallest absolute Gasteiger partial charge is 0.193 e. The van der Waals surface area contributed by atoms with Gasteiger partial charge in [-0.05, 0) is 35.4 Å². The Kier molecular flexibility index (Phi) is 9.07. The summed E-state index contributed by atoms with van der Waals surface area (Å²) in [4.78, 5) is 6.87. The Morgan fingerprint density at radius 3 is 2.59 bits per heavy atom. The maximum absolute atomic E-state index is 5.22. The van der Waals surface area contributed by atoms with E-state index in [0.717, 1.165) is 32.0 Å². The molecule has 1 atom stereocenters. The Labute approximate surface area is 180 Å². The maximum atomic E-state index is 5.22. The van der Waals surface area contributed by atoms with Crippen molar-refractivity contribution in [3.63, 3.8) is 0 Å². The van der Waals surface area contributed by atoms with E-state index in [4.69, 9.17) is 4.74 Å². The zero-order valence-electron chi connectivity index (χ0n) is 16.2. The molecule has 1 saturated heterocycles. The lowest BCUT2D eigenvalue weighted by atomic mass is 9.99. The van der Waals surface area contributed by atoms with E-state index in [9.17, 15) is 0 Å². The summed E-state index contributed by atoms with van der Waals surface area (Å²) in [6.07, 6.45) is 2.37. The minimum atomic E-state index is 0. The van der Waals surface area contributed by atoms with Gasteiger partial charge in [-0.25, -0.2) is 0 Å². The van der Waals surface area contributed by atoms with Crippen LogP contribution in [0.2, 0.25) is 0 Å². The molecule has 0 aliphatic carbocycles. The van der Waals surface area contributed by atoms with Crippen molar-refractivity contribution >= 4 is 29.9 Å². The van der Waals surface area contributed by atoms with Crippen LogP contribution >= 0.6 is 24.0 Å². The zero-order valence-corrected chi connectivity index (χ0v) is 18.6. The van der Waals surface area contributed by atoms with Crippen molar-refractivity contribution < 1.29 is 4.74 Å². The van der Waals surface area contributed by atoms with E-state index in [-0.39, 0.29) is 24.0 Å². The Morgan fingerprint density at radius 2 is 1.85 bits per heavy atom. The summed E-state index contributed by atoms with van der Waals surface area (Å²) in [6, 6.07) is 19.3. The first-order valence-corrected chi connectivity index (χ1v) is 9.34. The summed E-state index contributed by atoms with van der Waals surface area (Å²) >= 11 is 0. The second-order valence-electron chi connectivity index (χ2n) is 6.94. The summed E-state index contributed by atoms with van der Waals surface area (Å²) in [5.74, 6) is 1.69. The Bertz CT molecular complexity index is 721. The van der Waals surface area contributed by atoms with Crippen molar-refractivity contribution in [3.8, 4) is 0 Å². The molecule has 2 aromatic carbocycles. The van der Waals surface area contributed by atoms with E-state index in [0.29, 0.717) is 12.5 Å². The van der Waals surface area contributed by atoms with Crippen LogP contribution in [0.3, 0.4) is 0 Å². The van der Waals surface area contributed by atoms with Gasteiger partial charge in [0.2, 0.25) is 0 Å². The fraction of sp³-hybridized carbons (Fsp3) is 0.409. The first-order valence-electron chi connectivity index (χ1n) is 9.34. The SMILES string of the molecule is CN=C(NCc1cccc(COC)c1)N1CCC(Cc2ccccc2)C1.I. The number of halogens is 1. The van der Waals surface area contributed by atoms with Crippen LogP contribution in [0.1, 0.15) is 23.1 Å². The van der Waals surface area contributed by atoms with Crippen LogP contribution in [0.4, 0.5) is 0 Å². The molecular weight excluding hydrogens is 449 g/mol. The Hall–Kier alpha value is -1.60. The number of likely N-dealkylation sites (tertiary alicyclic amines) is 1. The number of ether oxygens (including phenoxy) is 1. The third kappa shape index (κ3) is 6.50. The van der Waals surface area contributed by atoms with Gasteiger partial charge in [-0.2, -0.15) is 0 Å². The van der Waals surface area contributed by atoms with Crippen LogP contribution in [-0.4, -0.2) is 38.1 Å². The van der Waals surface area contributed by atoms with Crippen LogP contribution in [0.5, 0.6) is 0 Å². The van der Waals surface area contributed by atoms with Crippen LogP contribution in [-0.2, 0) is 24.3 Å². The molecule has 0 spiro atoms. The Balaban J connectivity index is 0.00000261. The van der Waals surface area contributed by atoms with Gasteiger partial charge in [0.25, 0.3) is 0 Å². The van der Waals surface area contributed by atoms with Gasteiger partial charge in [0.1, 0.15) is 0 Å². The number of hydrogen-bond acceptors (Lipinski definition) is 2. The number of methoxy groups -OCH3 is 1. The Morgan fingerprint density at radius 1 is 1.11 bits per heavy atom. The van der Waals surface area contributed by atoms with Crippen LogP contribution in [0, 0.1) is 5.92 Å². The van der Waals surface area contributed by atoms with Crippen molar-refractivity contribution in [1.82, 2.24) is 10.2 Å². The summed E-state index contributed by atoms with van der Waals surface area (Å²) in [7, 11) is 3.60. The van der Waals surface area contributed by atoms with E-state index in [1.165, 1.54) is 23.1 Å². The molecule has 1 unspecified atom stereocenters. The van der Waals surface area contributed by atoms with Gasteiger partial charge < -0.3 is 15.0 Å². The molecule has 0 radical (unpaired) electrons. The van der Waals surface area contributed by atoms with E-state index < -0.39 is 0 Å². The van der Waals surface area contributed by atoms with E-state index in [2.05, 4.69) is 69.8 Å². The van der Waals surface area contributed by atoms with Gasteiger partial charge in [0.15, 0.2) is 5.96 Å². The molecule has 27 heavy (non-hydrogen) atoms. The molecule has 0 bridgehead atoms. The normalized spacial score (nSPS) is 16.9. The highest BCUT2D eigenvalue weighted by Crippen LogP contribution is 2.21. The van der Waals surface area contributed by atoms with Gasteiger partial charge in [0, 0.05) is 33.8 Å². The van der Waals surface area contributed by atoms with E-state index in [1.54, 1.807) is 7.11 Å². The minimum absolute atomic E-state index is 0. The molecular formula is C22H30IN3O. The molecule has 1 aliphatic rings. The second kappa shape index (κ2) is 11.3. The molecule has 1 fully saturated rings. The van der Waals surface area contributed by atoms with Crippen LogP contribution in [0.25, 0.3) is 0 Å². The molecule has 0 saturated carbocycles. The molecule has 4 nitrogen and oxygen atoms in total. The number of nitrogens with one attached hydrogen (secondary N) is 1. The molecule has 3 rings (SSSR count). The van der Waals surface area contributed by atoms with Crippen LogP contribution in [0.15, 0.2) is 59.6 Å². The first kappa shape index (κ1) is 21.7. The van der Waals surface area contributed by atoms with Gasteiger partial charge in [-0.3, -0.25) is 4.99 Å². The average molecular weight is 479 g/mol. The third-order valence-corrected chi connectivity index (χ3v) is 4.92. The molecule has 146 valence electrons. The lowest BCUT2D eigenvalue weighted by Crippen LogP contribution is -2.39. The summed E-state index contributed by atoms with van der Waals surface area (Å²) < 4.78 is 5.22. The fourth-order valence-corrected chi connectivity index (χ4v) is 3.65. The standard InChI is InChI=1S/C22H29N3O.HI/c1-23-22(24-15-19-9-6-10-21(14-19)17-26-2)25-12-11-20(16-25)13-18-7-4-3-5-8-18;/h3-10,14,20H,11-13,15-17H2,1-2H3,(H,23,24);1H. The zero-order chi connectivity index (χ0) is 18.2. The average Bonchev–Trinajstić information content (AvgIpc) is 3.12. The first-order chi connectivity index (χ1) is 12.8. The molecule has 1 heterocycles. The lowest BCUT2D eigenvalue weighted by molar-refractivity contribution is 0.185. The predicted octanol–water partition coefficient (Wildman–Crippen LogP) is 4.09. The molecule has 0 amide bonds. The van der Waals surface area contributed by atoms with Crippen molar-refractivity contribution in [3.05, 3.63) is 71.3 Å². The van der Waals surface area contributed by atoms with Crippen molar-refractivity contribution in [1.29, 1.82) is 0 Å². The summed E-state index contributed by atoms with van der Waals surface area (Å²) in [5.41, 5.74) is 3.88. The monoisotopic (exact) mass is 479 g/mol. The molecule has 1 N–H and O–H groups in total. The number of guanidine groups is 1. The maximum Gasteiger partial charge on any atom is 0.193 e. The van der Waals surface area contributed by atoms with Crippen molar-refractivity contribution in [2.75, 3.05) is 27.2 Å². The fourth-order valence-electron chi connectivity index (χ4n) is 3.65. The quantitative estimate of drug-likeness (QED) is 0.385. The number of nitrogens with zero attached hydrogens (tertiary/aromatic N) is 2. The lowest BCUT2D eigenvalue weighted by Gasteiger charge is -2.22. The predicted molar refractivity (Wildman–Crippen MR) is 123 cm³/mol. The van der Waals surface area contributed by atoms with Gasteiger partial charge in [-0.15, -0.1) is 24.0 Å². The highest BCUT2D eigenvalue weighted by Gasteiger charge is 2.24. The van der Waals surface area contributed by atoms with E-state index >= 15 is 0 Å². The highest BCUT2D eigenvalue weighted by atomic mass is 127. The van der Waals surface area contributed by atoms with Crippen molar-refractivity contribution in [2.45, 2.75) is 26.0 Å². The van der Waals surface area contributed by atoms with Crippen molar-refractivity contribution in [2.24, 2.45) is 10.9 Å². The molecule has 2 aromatic rings. The van der Waals surface area contributed by atoms with E-state index in [1.807, 2.05) is 7.05 Å². The number of aliphatic imine (C=N–C) groups is 1. The summed E-state index contributed by atoms with van der Waals surface area (Å²) in [6.45, 7) is 3.57.